The molecule has 1 unspecified atom stereocenters. The summed E-state index contributed by atoms with van der Waals surface area (Å²) in [5.41, 5.74) is 1.18. The molecule has 92 valence electrons. The van der Waals surface area contributed by atoms with Crippen LogP contribution in [0, 0.1) is 0 Å². The lowest BCUT2D eigenvalue weighted by Gasteiger charge is -2.30. The molecule has 0 aromatic carbocycles. The number of rotatable bonds is 2. The number of aromatic nitrogens is 1. The van der Waals surface area contributed by atoms with Crippen molar-refractivity contribution in [2.45, 2.75) is 32.8 Å². The second-order valence-corrected chi connectivity index (χ2v) is 4.61. The zero-order chi connectivity index (χ0) is 12.4. The molecule has 1 aromatic heterocycles. The van der Waals surface area contributed by atoms with Crippen molar-refractivity contribution in [3.05, 3.63) is 23.9 Å². The molecule has 2 rings (SSSR count). The van der Waals surface area contributed by atoms with Crippen LogP contribution in [0.1, 0.15) is 32.3 Å². The van der Waals surface area contributed by atoms with Gasteiger partial charge in [-0.15, -0.1) is 0 Å². The minimum absolute atomic E-state index is 0.0129. The first-order chi connectivity index (χ1) is 8.09. The molecule has 0 radical (unpaired) electrons. The number of pyridine rings is 1. The number of amides is 1. The fourth-order valence-corrected chi connectivity index (χ4v) is 1.85. The Morgan fingerprint density at radius 2 is 2.24 bits per heavy atom. The van der Waals surface area contributed by atoms with Crippen molar-refractivity contribution < 1.29 is 9.53 Å². The quantitative estimate of drug-likeness (QED) is 0.785. The highest BCUT2D eigenvalue weighted by molar-refractivity contribution is 5.96. The predicted octanol–water partition coefficient (Wildman–Crippen LogP) is 1.96. The summed E-state index contributed by atoms with van der Waals surface area (Å²) < 4.78 is 5.28. The number of carbonyl (C=O) groups excluding carboxylic acids is 1. The molecular weight excluding hydrogens is 216 g/mol. The predicted molar refractivity (Wildman–Crippen MR) is 66.1 cm³/mol. The fourth-order valence-electron chi connectivity index (χ4n) is 1.85. The standard InChI is InChI=1S/C13H18N2O2/c1-9(2)11-4-5-12(14-8-11)15-6-7-17-10(3)13(15)16/h4-5,8-10H,6-7H2,1-3H3. The number of hydrogen-bond donors (Lipinski definition) is 0. The molecule has 1 saturated heterocycles. The Labute approximate surface area is 102 Å². The number of hydrogen-bond acceptors (Lipinski definition) is 3. The van der Waals surface area contributed by atoms with Crippen LogP contribution in [0.25, 0.3) is 0 Å². The van der Waals surface area contributed by atoms with E-state index in [-0.39, 0.29) is 12.0 Å². The molecule has 0 aliphatic carbocycles. The fraction of sp³-hybridized carbons (Fsp3) is 0.538. The lowest BCUT2D eigenvalue weighted by atomic mass is 10.1. The largest absolute Gasteiger partial charge is 0.367 e. The molecule has 0 bridgehead atoms. The van der Waals surface area contributed by atoms with Gasteiger partial charge in [-0.2, -0.15) is 0 Å². The van der Waals surface area contributed by atoms with E-state index in [1.165, 1.54) is 5.56 Å². The Morgan fingerprint density at radius 3 is 2.82 bits per heavy atom. The molecule has 17 heavy (non-hydrogen) atoms. The number of anilines is 1. The van der Waals surface area contributed by atoms with Crippen LogP contribution in [0.2, 0.25) is 0 Å². The van der Waals surface area contributed by atoms with Gasteiger partial charge in [-0.05, 0) is 24.5 Å². The number of nitrogens with zero attached hydrogens (tertiary/aromatic N) is 2. The van der Waals surface area contributed by atoms with E-state index in [9.17, 15) is 4.79 Å². The molecule has 1 aliphatic rings. The third-order valence-corrected chi connectivity index (χ3v) is 3.01. The zero-order valence-electron chi connectivity index (χ0n) is 10.5. The van der Waals surface area contributed by atoms with Crippen LogP contribution >= 0.6 is 0 Å². The lowest BCUT2D eigenvalue weighted by molar-refractivity contribution is -0.132. The van der Waals surface area contributed by atoms with Crippen LogP contribution in [0.15, 0.2) is 18.3 Å². The van der Waals surface area contributed by atoms with Gasteiger partial charge in [-0.3, -0.25) is 9.69 Å². The van der Waals surface area contributed by atoms with Crippen LogP contribution in [-0.2, 0) is 9.53 Å². The average Bonchev–Trinajstić information content (AvgIpc) is 2.33. The smallest absolute Gasteiger partial charge is 0.257 e. The molecular formula is C13H18N2O2. The number of morpholine rings is 1. The van der Waals surface area contributed by atoms with Crippen LogP contribution in [0.5, 0.6) is 0 Å². The normalized spacial score (nSPS) is 21.1. The van der Waals surface area contributed by atoms with Crippen molar-refractivity contribution in [1.82, 2.24) is 4.98 Å². The Morgan fingerprint density at radius 1 is 1.47 bits per heavy atom. The van der Waals surface area contributed by atoms with E-state index in [4.69, 9.17) is 4.74 Å². The highest BCUT2D eigenvalue weighted by Gasteiger charge is 2.27. The van der Waals surface area contributed by atoms with Gasteiger partial charge >= 0.3 is 0 Å². The molecule has 0 N–H and O–H groups in total. The third kappa shape index (κ3) is 2.47. The summed E-state index contributed by atoms with van der Waals surface area (Å²) in [6.07, 6.45) is 1.48. The van der Waals surface area contributed by atoms with Crippen molar-refractivity contribution in [2.24, 2.45) is 0 Å². The Bertz CT molecular complexity index is 400. The molecule has 2 heterocycles. The first-order valence-corrected chi connectivity index (χ1v) is 5.98. The topological polar surface area (TPSA) is 42.4 Å². The average molecular weight is 234 g/mol. The molecule has 1 amide bonds. The van der Waals surface area contributed by atoms with Crippen LogP contribution in [0.3, 0.4) is 0 Å². The van der Waals surface area contributed by atoms with E-state index in [2.05, 4.69) is 18.8 Å². The maximum atomic E-state index is 11.9. The first kappa shape index (κ1) is 12.0. The summed E-state index contributed by atoms with van der Waals surface area (Å²) in [6, 6.07) is 3.94. The second kappa shape index (κ2) is 4.84. The summed E-state index contributed by atoms with van der Waals surface area (Å²) in [7, 11) is 0. The zero-order valence-corrected chi connectivity index (χ0v) is 10.5. The van der Waals surface area contributed by atoms with Gasteiger partial charge in [-0.1, -0.05) is 19.9 Å². The van der Waals surface area contributed by atoms with Crippen molar-refractivity contribution in [3.8, 4) is 0 Å². The van der Waals surface area contributed by atoms with Gasteiger partial charge < -0.3 is 4.74 Å². The van der Waals surface area contributed by atoms with E-state index in [1.807, 2.05) is 18.3 Å². The van der Waals surface area contributed by atoms with E-state index < -0.39 is 0 Å². The van der Waals surface area contributed by atoms with E-state index in [0.717, 1.165) is 5.82 Å². The van der Waals surface area contributed by atoms with Crippen LogP contribution in [0.4, 0.5) is 5.82 Å². The molecule has 0 saturated carbocycles. The lowest BCUT2D eigenvalue weighted by Crippen LogP contribution is -2.46. The van der Waals surface area contributed by atoms with Crippen molar-refractivity contribution in [2.75, 3.05) is 18.1 Å². The van der Waals surface area contributed by atoms with Crippen molar-refractivity contribution >= 4 is 11.7 Å². The van der Waals surface area contributed by atoms with Crippen LogP contribution < -0.4 is 4.90 Å². The molecule has 0 spiro atoms. The molecule has 1 fully saturated rings. The molecule has 1 aliphatic heterocycles. The molecule has 4 heteroatoms. The van der Waals surface area contributed by atoms with Gasteiger partial charge in [0.1, 0.15) is 11.9 Å². The van der Waals surface area contributed by atoms with E-state index in [1.54, 1.807) is 11.8 Å². The third-order valence-electron chi connectivity index (χ3n) is 3.01. The van der Waals surface area contributed by atoms with Gasteiger partial charge in [0, 0.05) is 6.20 Å². The second-order valence-electron chi connectivity index (χ2n) is 4.61. The SMILES string of the molecule is CC1OCCN(c2ccc(C(C)C)cn2)C1=O. The molecule has 1 atom stereocenters. The maximum absolute atomic E-state index is 11.9. The summed E-state index contributed by atoms with van der Waals surface area (Å²) in [6.45, 7) is 7.17. The Balaban J connectivity index is 2.19. The molecule has 4 nitrogen and oxygen atoms in total. The minimum Gasteiger partial charge on any atom is -0.367 e. The van der Waals surface area contributed by atoms with Crippen molar-refractivity contribution in [3.63, 3.8) is 0 Å². The van der Waals surface area contributed by atoms with Crippen molar-refractivity contribution in [1.29, 1.82) is 0 Å². The summed E-state index contributed by atoms with van der Waals surface area (Å²) in [5.74, 6) is 1.16. The van der Waals surface area contributed by atoms with Gasteiger partial charge in [0.2, 0.25) is 0 Å². The first-order valence-electron chi connectivity index (χ1n) is 5.98. The Kier molecular flexibility index (Phi) is 3.43. The summed E-state index contributed by atoms with van der Waals surface area (Å²) in [4.78, 5) is 18.0. The number of carbonyl (C=O) groups is 1. The highest BCUT2D eigenvalue weighted by atomic mass is 16.5. The monoisotopic (exact) mass is 234 g/mol. The minimum atomic E-state index is -0.365. The van der Waals surface area contributed by atoms with Gasteiger partial charge in [0.25, 0.3) is 5.91 Å². The van der Waals surface area contributed by atoms with Gasteiger partial charge in [0.15, 0.2) is 0 Å². The van der Waals surface area contributed by atoms with Crippen LogP contribution in [-0.4, -0.2) is 30.1 Å². The van der Waals surface area contributed by atoms with Gasteiger partial charge in [0.05, 0.1) is 13.2 Å². The maximum Gasteiger partial charge on any atom is 0.257 e. The Hall–Kier alpha value is -1.42. The highest BCUT2D eigenvalue weighted by Crippen LogP contribution is 2.19. The van der Waals surface area contributed by atoms with Gasteiger partial charge in [-0.25, -0.2) is 4.98 Å². The van der Waals surface area contributed by atoms with E-state index >= 15 is 0 Å². The molecule has 1 aromatic rings. The number of ether oxygens (including phenoxy) is 1. The summed E-state index contributed by atoms with van der Waals surface area (Å²) in [5, 5.41) is 0. The van der Waals surface area contributed by atoms with E-state index in [0.29, 0.717) is 19.1 Å². The summed E-state index contributed by atoms with van der Waals surface area (Å²) >= 11 is 0.